The van der Waals surface area contributed by atoms with Crippen LogP contribution in [-0.4, -0.2) is 16.0 Å². The second-order valence-electron chi connectivity index (χ2n) is 9.35. The Labute approximate surface area is 243 Å². The van der Waals surface area contributed by atoms with Crippen molar-refractivity contribution in [3.63, 3.8) is 0 Å². The minimum Gasteiger partial charge on any atom is -0.489 e. The van der Waals surface area contributed by atoms with Crippen molar-refractivity contribution in [1.29, 1.82) is 0 Å². The molecule has 5 nitrogen and oxygen atoms in total. The number of rotatable bonds is 8. The van der Waals surface area contributed by atoms with Crippen LogP contribution in [0.25, 0.3) is 11.8 Å². The lowest BCUT2D eigenvalue weighted by Gasteiger charge is -2.13. The molecule has 2 heterocycles. The van der Waals surface area contributed by atoms with Gasteiger partial charge in [0.05, 0.1) is 4.91 Å². The third-order valence-corrected chi connectivity index (χ3v) is 8.27. The zero-order chi connectivity index (χ0) is 27.5. The van der Waals surface area contributed by atoms with Crippen LogP contribution in [0.4, 0.5) is 5.69 Å². The molecule has 1 aromatic heterocycles. The lowest BCUT2D eigenvalue weighted by atomic mass is 10.1. The van der Waals surface area contributed by atoms with Gasteiger partial charge in [-0.25, -0.2) is 0 Å². The Bertz CT molecular complexity index is 1530. The summed E-state index contributed by atoms with van der Waals surface area (Å²) in [6.07, 6.45) is 2.96. The van der Waals surface area contributed by atoms with Crippen LogP contribution in [0.1, 0.15) is 35.0 Å². The zero-order valence-corrected chi connectivity index (χ0v) is 24.3. The molecule has 1 aliphatic rings. The summed E-state index contributed by atoms with van der Waals surface area (Å²) >= 11 is 13.7. The maximum atomic E-state index is 12.7. The van der Waals surface area contributed by atoms with E-state index in [4.69, 9.17) is 27.9 Å². The number of aromatic nitrogens is 1. The van der Waals surface area contributed by atoms with E-state index in [0.29, 0.717) is 21.6 Å². The van der Waals surface area contributed by atoms with Crippen molar-refractivity contribution in [2.75, 3.05) is 5.32 Å². The van der Waals surface area contributed by atoms with Crippen LogP contribution in [-0.2, 0) is 17.8 Å². The predicted octanol–water partition coefficient (Wildman–Crippen LogP) is 8.14. The van der Waals surface area contributed by atoms with Crippen LogP contribution in [0.3, 0.4) is 0 Å². The number of carbonyl (C=O) groups excluding carboxylic acids is 1. The van der Waals surface area contributed by atoms with E-state index in [2.05, 4.69) is 54.2 Å². The lowest BCUT2D eigenvalue weighted by molar-refractivity contribution is -0.116. The lowest BCUT2D eigenvalue weighted by Crippen LogP contribution is -2.30. The summed E-state index contributed by atoms with van der Waals surface area (Å²) in [7, 11) is 0. The zero-order valence-electron chi connectivity index (χ0n) is 21.9. The molecule has 200 valence electrons. The van der Waals surface area contributed by atoms with Crippen LogP contribution < -0.4 is 15.4 Å². The van der Waals surface area contributed by atoms with Gasteiger partial charge in [0.25, 0.3) is 5.91 Å². The summed E-state index contributed by atoms with van der Waals surface area (Å²) in [6, 6.07) is 23.7. The quantitative estimate of drug-likeness (QED) is 0.207. The number of amides is 1. The van der Waals surface area contributed by atoms with E-state index in [1.807, 2.05) is 48.5 Å². The van der Waals surface area contributed by atoms with Crippen molar-refractivity contribution in [3.8, 4) is 11.4 Å². The van der Waals surface area contributed by atoms with Gasteiger partial charge in [-0.2, -0.15) is 0 Å². The summed E-state index contributed by atoms with van der Waals surface area (Å²) in [5, 5.41) is 7.59. The summed E-state index contributed by atoms with van der Waals surface area (Å²) in [5.41, 5.74) is 7.09. The SMILES string of the molecule is CCc1ccc(N[C@H]2NC(=O)/C(=C/c3cc(C)n(-c4ccc(OCc5ccc(Cl)cc5Cl)cc4)c3C)S2)cc1. The Morgan fingerprint density at radius 1 is 1.03 bits per heavy atom. The Morgan fingerprint density at radius 2 is 1.77 bits per heavy atom. The molecule has 5 rings (SSSR count). The molecule has 1 amide bonds. The Balaban J connectivity index is 1.27. The van der Waals surface area contributed by atoms with Gasteiger partial charge in [0.15, 0.2) is 5.50 Å². The van der Waals surface area contributed by atoms with Gasteiger partial charge in [-0.15, -0.1) is 0 Å². The largest absolute Gasteiger partial charge is 0.489 e. The number of halogens is 2. The molecule has 0 saturated carbocycles. The highest BCUT2D eigenvalue weighted by Crippen LogP contribution is 2.32. The molecular formula is C31H29Cl2N3O2S. The fraction of sp³-hybridized carbons (Fsp3) is 0.194. The minimum absolute atomic E-state index is 0.0743. The summed E-state index contributed by atoms with van der Waals surface area (Å²) < 4.78 is 8.11. The van der Waals surface area contributed by atoms with Gasteiger partial charge in [0.2, 0.25) is 0 Å². The van der Waals surface area contributed by atoms with E-state index in [-0.39, 0.29) is 11.4 Å². The first kappa shape index (κ1) is 27.3. The number of nitrogens with one attached hydrogen (secondary N) is 2. The van der Waals surface area contributed by atoms with Gasteiger partial charge in [0, 0.05) is 38.4 Å². The van der Waals surface area contributed by atoms with E-state index in [1.165, 1.54) is 17.3 Å². The molecule has 0 unspecified atom stereocenters. The van der Waals surface area contributed by atoms with Crippen molar-refractivity contribution in [1.82, 2.24) is 9.88 Å². The van der Waals surface area contributed by atoms with Crippen LogP contribution in [0.5, 0.6) is 5.75 Å². The monoisotopic (exact) mass is 577 g/mol. The molecule has 3 aromatic carbocycles. The predicted molar refractivity (Wildman–Crippen MR) is 163 cm³/mol. The average Bonchev–Trinajstić information content (AvgIpc) is 3.41. The molecule has 0 radical (unpaired) electrons. The highest BCUT2D eigenvalue weighted by molar-refractivity contribution is 8.05. The second-order valence-corrected chi connectivity index (χ2v) is 11.3. The molecule has 1 atom stereocenters. The van der Waals surface area contributed by atoms with E-state index >= 15 is 0 Å². The number of aryl methyl sites for hydroxylation is 2. The number of anilines is 1. The van der Waals surface area contributed by atoms with Crippen molar-refractivity contribution < 1.29 is 9.53 Å². The Hall–Kier alpha value is -3.32. The highest BCUT2D eigenvalue weighted by atomic mass is 35.5. The molecule has 0 spiro atoms. The molecule has 1 saturated heterocycles. The minimum atomic E-state index is -0.213. The van der Waals surface area contributed by atoms with Gasteiger partial charge in [-0.1, -0.05) is 60.1 Å². The summed E-state index contributed by atoms with van der Waals surface area (Å²) in [6.45, 7) is 6.62. The van der Waals surface area contributed by atoms with Crippen LogP contribution in [0.2, 0.25) is 10.0 Å². The van der Waals surface area contributed by atoms with Crippen LogP contribution in [0, 0.1) is 13.8 Å². The maximum absolute atomic E-state index is 12.7. The number of nitrogens with zero attached hydrogens (tertiary/aromatic N) is 1. The maximum Gasteiger partial charge on any atom is 0.260 e. The molecule has 0 aliphatic carbocycles. The standard InChI is InChI=1S/C31H29Cl2N3O2S/c1-4-21-5-9-25(10-6-21)34-31-35-30(37)29(39-31)16-23-15-19(2)36(20(23)3)26-11-13-27(14-12-26)38-18-22-7-8-24(32)17-28(22)33/h5-17,31,34H,4,18H2,1-3H3,(H,35,37)/b29-16-/t31-/m0/s1. The number of hydrogen-bond acceptors (Lipinski definition) is 4. The fourth-order valence-corrected chi connectivity index (χ4v) is 5.96. The molecule has 0 bridgehead atoms. The molecule has 8 heteroatoms. The number of hydrogen-bond donors (Lipinski definition) is 2. The first-order valence-electron chi connectivity index (χ1n) is 12.7. The fourth-order valence-electron chi connectivity index (χ4n) is 4.52. The van der Waals surface area contributed by atoms with E-state index in [9.17, 15) is 4.79 Å². The number of benzene rings is 3. The molecule has 1 aliphatic heterocycles. The van der Waals surface area contributed by atoms with E-state index in [1.54, 1.807) is 12.1 Å². The third-order valence-electron chi connectivity index (χ3n) is 6.65. The Kier molecular flexibility index (Phi) is 8.26. The van der Waals surface area contributed by atoms with Crippen molar-refractivity contribution in [2.24, 2.45) is 0 Å². The van der Waals surface area contributed by atoms with Crippen LogP contribution in [0.15, 0.2) is 77.7 Å². The van der Waals surface area contributed by atoms with Gasteiger partial charge < -0.3 is 19.9 Å². The molecule has 2 N–H and O–H groups in total. The third kappa shape index (κ3) is 6.30. The summed E-state index contributed by atoms with van der Waals surface area (Å²) in [4.78, 5) is 13.4. The van der Waals surface area contributed by atoms with Gasteiger partial charge in [-0.3, -0.25) is 4.79 Å². The first-order valence-corrected chi connectivity index (χ1v) is 14.3. The van der Waals surface area contributed by atoms with Gasteiger partial charge in [0.1, 0.15) is 12.4 Å². The van der Waals surface area contributed by atoms with Crippen molar-refractivity contribution in [2.45, 2.75) is 39.3 Å². The normalized spacial score (nSPS) is 16.0. The van der Waals surface area contributed by atoms with Gasteiger partial charge >= 0.3 is 0 Å². The smallest absolute Gasteiger partial charge is 0.260 e. The van der Waals surface area contributed by atoms with E-state index < -0.39 is 0 Å². The van der Waals surface area contributed by atoms with Crippen molar-refractivity contribution in [3.05, 3.63) is 116 Å². The molecule has 39 heavy (non-hydrogen) atoms. The number of carbonyl (C=O) groups is 1. The van der Waals surface area contributed by atoms with Gasteiger partial charge in [-0.05, 0) is 92.1 Å². The number of thioether (sulfide) groups is 1. The topological polar surface area (TPSA) is 55.3 Å². The average molecular weight is 579 g/mol. The molecular weight excluding hydrogens is 549 g/mol. The van der Waals surface area contributed by atoms with E-state index in [0.717, 1.165) is 46.1 Å². The van der Waals surface area contributed by atoms with Crippen LogP contribution >= 0.6 is 35.0 Å². The molecule has 1 fully saturated rings. The summed E-state index contributed by atoms with van der Waals surface area (Å²) in [5.74, 6) is 0.672. The highest BCUT2D eigenvalue weighted by Gasteiger charge is 2.27. The second kappa shape index (κ2) is 11.8. The molecule has 4 aromatic rings. The number of ether oxygens (including phenoxy) is 1. The Morgan fingerprint density at radius 3 is 2.46 bits per heavy atom. The first-order chi connectivity index (χ1) is 18.8. The van der Waals surface area contributed by atoms with Crippen molar-refractivity contribution >= 4 is 52.6 Å².